The van der Waals surface area contributed by atoms with Gasteiger partial charge in [-0.15, -0.1) is 0 Å². The predicted molar refractivity (Wildman–Crippen MR) is 114 cm³/mol. The highest BCUT2D eigenvalue weighted by Crippen LogP contribution is 2.34. The van der Waals surface area contributed by atoms with E-state index in [1.165, 1.54) is 5.56 Å². The van der Waals surface area contributed by atoms with E-state index < -0.39 is 0 Å². The summed E-state index contributed by atoms with van der Waals surface area (Å²) in [5.74, 6) is 3.83. The van der Waals surface area contributed by atoms with E-state index in [1.54, 1.807) is 13.2 Å². The Morgan fingerprint density at radius 3 is 2.45 bits per heavy atom. The van der Waals surface area contributed by atoms with Crippen LogP contribution in [-0.4, -0.2) is 37.7 Å². The van der Waals surface area contributed by atoms with E-state index in [1.807, 2.05) is 6.07 Å². The molecule has 2 aromatic rings. The van der Waals surface area contributed by atoms with Crippen molar-refractivity contribution in [2.24, 2.45) is 4.99 Å². The minimum absolute atomic E-state index is 0.0567. The molecule has 1 aliphatic rings. The first kappa shape index (κ1) is 21.0. The van der Waals surface area contributed by atoms with Crippen molar-refractivity contribution in [3.63, 3.8) is 0 Å². The van der Waals surface area contributed by atoms with Gasteiger partial charge in [0.25, 0.3) is 0 Å². The molecule has 0 unspecified atom stereocenters. The number of aromatic nitrogens is 1. The first-order chi connectivity index (χ1) is 13.7. The summed E-state index contributed by atoms with van der Waals surface area (Å²) in [7, 11) is 1.75. The maximum Gasteiger partial charge on any atom is 0.213 e. The van der Waals surface area contributed by atoms with Gasteiger partial charge >= 0.3 is 0 Å². The van der Waals surface area contributed by atoms with Gasteiger partial charge in [-0.1, -0.05) is 40.7 Å². The number of nitrogens with zero attached hydrogens (tertiary/aromatic N) is 2. The number of aliphatic imine (C=N–C) groups is 1. The van der Waals surface area contributed by atoms with Crippen molar-refractivity contribution in [2.45, 2.75) is 52.0 Å². The fourth-order valence-corrected chi connectivity index (χ4v) is 2.99. The quantitative estimate of drug-likeness (QED) is 0.592. The minimum Gasteiger partial charge on any atom is -0.486 e. The number of guanidine groups is 1. The molecule has 29 heavy (non-hydrogen) atoms. The molecule has 0 saturated carbocycles. The Morgan fingerprint density at radius 2 is 1.79 bits per heavy atom. The molecular formula is C22H32N4O3. The molecule has 0 spiro atoms. The van der Waals surface area contributed by atoms with Gasteiger partial charge < -0.3 is 24.5 Å². The molecule has 2 heterocycles. The summed E-state index contributed by atoms with van der Waals surface area (Å²) in [6.07, 6.45) is 1.79. The van der Waals surface area contributed by atoms with E-state index in [-0.39, 0.29) is 10.8 Å². The predicted octanol–water partition coefficient (Wildman–Crippen LogP) is 3.39. The largest absolute Gasteiger partial charge is 0.486 e. The Bertz CT molecular complexity index is 865. The van der Waals surface area contributed by atoms with Crippen molar-refractivity contribution in [3.8, 4) is 11.5 Å². The summed E-state index contributed by atoms with van der Waals surface area (Å²) in [6, 6.07) is 6.13. The number of hydrogen-bond acceptors (Lipinski definition) is 5. The molecule has 0 radical (unpaired) electrons. The number of nitrogens with one attached hydrogen (secondary N) is 2. The molecule has 0 aliphatic carbocycles. The number of rotatable bonds is 5. The first-order valence-electron chi connectivity index (χ1n) is 9.99. The van der Waals surface area contributed by atoms with Crippen molar-refractivity contribution in [1.29, 1.82) is 0 Å². The summed E-state index contributed by atoms with van der Waals surface area (Å²) in [5.41, 5.74) is 0.987. The zero-order valence-electron chi connectivity index (χ0n) is 18.3. The fourth-order valence-electron chi connectivity index (χ4n) is 2.99. The zero-order valence-corrected chi connectivity index (χ0v) is 18.3. The zero-order chi connectivity index (χ0) is 21.1. The average molecular weight is 401 g/mol. The van der Waals surface area contributed by atoms with Crippen LogP contribution in [0.3, 0.4) is 0 Å². The summed E-state index contributed by atoms with van der Waals surface area (Å²) in [5, 5.41) is 6.66. The molecule has 0 fully saturated rings. The molecule has 158 valence electrons. The third-order valence-corrected chi connectivity index (χ3v) is 4.94. The molecule has 0 bridgehead atoms. The van der Waals surface area contributed by atoms with Crippen LogP contribution in [0.5, 0.6) is 11.5 Å². The maximum absolute atomic E-state index is 5.83. The monoisotopic (exact) mass is 400 g/mol. The van der Waals surface area contributed by atoms with Gasteiger partial charge in [-0.05, 0) is 17.7 Å². The molecule has 3 rings (SSSR count). The topological polar surface area (TPSA) is 80.9 Å². The lowest BCUT2D eigenvalue weighted by molar-refractivity contribution is 0.171. The minimum atomic E-state index is -0.129. The third-order valence-electron chi connectivity index (χ3n) is 4.94. The second-order valence-corrected chi connectivity index (χ2v) is 8.89. The van der Waals surface area contributed by atoms with E-state index in [0.717, 1.165) is 17.3 Å². The van der Waals surface area contributed by atoms with E-state index >= 15 is 0 Å². The molecule has 1 aromatic heterocycles. The lowest BCUT2D eigenvalue weighted by Crippen LogP contribution is -2.43. The van der Waals surface area contributed by atoms with Crippen LogP contribution in [0.25, 0.3) is 0 Å². The number of hydrogen-bond donors (Lipinski definition) is 2. The van der Waals surface area contributed by atoms with Crippen molar-refractivity contribution < 1.29 is 13.9 Å². The van der Waals surface area contributed by atoms with Gasteiger partial charge in [0.15, 0.2) is 17.5 Å². The lowest BCUT2D eigenvalue weighted by atomic mass is 9.84. The Hall–Kier alpha value is -2.70. The Labute approximate surface area is 172 Å². The molecule has 7 heteroatoms. The highest BCUT2D eigenvalue weighted by molar-refractivity contribution is 5.79. The van der Waals surface area contributed by atoms with Crippen LogP contribution < -0.4 is 20.1 Å². The Balaban J connectivity index is 1.57. The maximum atomic E-state index is 5.83. The molecule has 0 saturated heterocycles. The highest BCUT2D eigenvalue weighted by atomic mass is 16.6. The molecular weight excluding hydrogens is 368 g/mol. The molecule has 1 aliphatic heterocycles. The number of fused-ring (bicyclic) bond motifs is 1. The van der Waals surface area contributed by atoms with E-state index in [2.05, 4.69) is 67.4 Å². The SMILES string of the molecule is CN=C(NCc1ncc(C(C)(C)C)o1)NCC(C)(C)c1ccc2c(c1)OCCO2. The molecule has 1 aromatic carbocycles. The van der Waals surface area contributed by atoms with Crippen molar-refractivity contribution in [2.75, 3.05) is 26.8 Å². The number of benzene rings is 1. The van der Waals surface area contributed by atoms with Gasteiger partial charge in [0.05, 0.1) is 12.7 Å². The van der Waals surface area contributed by atoms with Gasteiger partial charge in [0.2, 0.25) is 5.89 Å². The van der Waals surface area contributed by atoms with Gasteiger partial charge in [-0.2, -0.15) is 0 Å². The van der Waals surface area contributed by atoms with Crippen molar-refractivity contribution >= 4 is 5.96 Å². The number of ether oxygens (including phenoxy) is 2. The second-order valence-electron chi connectivity index (χ2n) is 8.89. The van der Waals surface area contributed by atoms with Crippen LogP contribution in [0.15, 0.2) is 33.8 Å². The summed E-state index contributed by atoms with van der Waals surface area (Å²) < 4.78 is 17.2. The lowest BCUT2D eigenvalue weighted by Gasteiger charge is -2.28. The van der Waals surface area contributed by atoms with Crippen LogP contribution in [0.4, 0.5) is 0 Å². The summed E-state index contributed by atoms with van der Waals surface area (Å²) in [6.45, 7) is 13.0. The molecule has 0 atom stereocenters. The summed E-state index contributed by atoms with van der Waals surface area (Å²) >= 11 is 0. The second kappa shape index (κ2) is 8.35. The van der Waals surface area contributed by atoms with Gasteiger partial charge in [0.1, 0.15) is 19.0 Å². The normalized spacial score (nSPS) is 14.6. The Kier molecular flexibility index (Phi) is 6.05. The van der Waals surface area contributed by atoms with Crippen LogP contribution in [0.2, 0.25) is 0 Å². The first-order valence-corrected chi connectivity index (χ1v) is 9.99. The van der Waals surface area contributed by atoms with Crippen LogP contribution in [0, 0.1) is 0 Å². The van der Waals surface area contributed by atoms with Gasteiger partial charge in [0, 0.05) is 24.4 Å². The fraction of sp³-hybridized carbons (Fsp3) is 0.545. The summed E-state index contributed by atoms with van der Waals surface area (Å²) in [4.78, 5) is 8.65. The van der Waals surface area contributed by atoms with Crippen LogP contribution in [0.1, 0.15) is 51.8 Å². The van der Waals surface area contributed by atoms with Crippen molar-refractivity contribution in [1.82, 2.24) is 15.6 Å². The van der Waals surface area contributed by atoms with E-state index in [9.17, 15) is 0 Å². The smallest absolute Gasteiger partial charge is 0.213 e. The van der Waals surface area contributed by atoms with Crippen LogP contribution >= 0.6 is 0 Å². The molecule has 7 nitrogen and oxygen atoms in total. The molecule has 0 amide bonds. The standard InChI is InChI=1S/C22H32N4O3/c1-21(2,3)18-12-24-19(29-18)13-25-20(23-6)26-14-22(4,5)15-7-8-16-17(11-15)28-10-9-27-16/h7-8,11-12H,9-10,13-14H2,1-6H3,(H2,23,25,26). The van der Waals surface area contributed by atoms with E-state index in [4.69, 9.17) is 13.9 Å². The van der Waals surface area contributed by atoms with E-state index in [0.29, 0.717) is 38.2 Å². The highest BCUT2D eigenvalue weighted by Gasteiger charge is 2.24. The third kappa shape index (κ3) is 5.22. The number of oxazole rings is 1. The average Bonchev–Trinajstić information content (AvgIpc) is 3.17. The van der Waals surface area contributed by atoms with Gasteiger partial charge in [-0.3, -0.25) is 4.99 Å². The van der Waals surface area contributed by atoms with Crippen molar-refractivity contribution in [3.05, 3.63) is 41.6 Å². The van der Waals surface area contributed by atoms with Crippen LogP contribution in [-0.2, 0) is 17.4 Å². The molecule has 2 N–H and O–H groups in total. The Morgan fingerprint density at radius 1 is 1.07 bits per heavy atom. The van der Waals surface area contributed by atoms with Gasteiger partial charge in [-0.25, -0.2) is 4.98 Å².